The van der Waals surface area contributed by atoms with E-state index in [9.17, 15) is 4.79 Å². The van der Waals surface area contributed by atoms with Crippen molar-refractivity contribution in [2.45, 2.75) is 6.54 Å². The van der Waals surface area contributed by atoms with E-state index in [1.165, 1.54) is 4.68 Å². The lowest BCUT2D eigenvalue weighted by atomic mass is 10.2. The molecule has 0 radical (unpaired) electrons. The van der Waals surface area contributed by atoms with Gasteiger partial charge in [-0.3, -0.25) is 9.48 Å². The Balaban J connectivity index is 2.07. The second kappa shape index (κ2) is 6.42. The fourth-order valence-corrected chi connectivity index (χ4v) is 1.98. The molecule has 1 amide bonds. The van der Waals surface area contributed by atoms with Crippen LogP contribution in [0.5, 0.6) is 11.5 Å². The van der Waals surface area contributed by atoms with Crippen LogP contribution in [0, 0.1) is 0 Å². The van der Waals surface area contributed by atoms with Gasteiger partial charge in [-0.2, -0.15) is 5.10 Å². The van der Waals surface area contributed by atoms with E-state index < -0.39 is 0 Å². The molecule has 2 rings (SSSR count). The molecule has 0 bridgehead atoms. The summed E-state index contributed by atoms with van der Waals surface area (Å²) in [5.74, 6) is 1.04. The zero-order valence-corrected chi connectivity index (χ0v) is 12.7. The number of aromatic nitrogens is 2. The van der Waals surface area contributed by atoms with Crippen LogP contribution in [0.2, 0.25) is 0 Å². The average molecular weight is 340 g/mol. The maximum atomic E-state index is 11.9. The van der Waals surface area contributed by atoms with E-state index in [0.717, 1.165) is 4.47 Å². The summed E-state index contributed by atoms with van der Waals surface area (Å²) in [5, 5.41) is 6.80. The third-order valence-electron chi connectivity index (χ3n) is 2.54. The number of anilines is 1. The first-order chi connectivity index (χ1) is 9.60. The van der Waals surface area contributed by atoms with Crippen LogP contribution >= 0.6 is 15.9 Å². The number of methoxy groups -OCH3 is 2. The second-order valence-corrected chi connectivity index (χ2v) is 4.92. The number of rotatable bonds is 5. The maximum absolute atomic E-state index is 11.9. The van der Waals surface area contributed by atoms with Crippen molar-refractivity contribution in [3.8, 4) is 11.5 Å². The van der Waals surface area contributed by atoms with Crippen LogP contribution in [0.15, 0.2) is 35.1 Å². The predicted molar refractivity (Wildman–Crippen MR) is 78.1 cm³/mol. The number of hydrogen-bond acceptors (Lipinski definition) is 4. The van der Waals surface area contributed by atoms with Gasteiger partial charge in [-0.25, -0.2) is 0 Å². The van der Waals surface area contributed by atoms with Gasteiger partial charge in [0.2, 0.25) is 5.91 Å². The highest BCUT2D eigenvalue weighted by atomic mass is 79.9. The molecular formula is C13H14BrN3O3. The molecular weight excluding hydrogens is 326 g/mol. The molecule has 0 unspecified atom stereocenters. The molecule has 2 aromatic rings. The number of hydrogen-bond donors (Lipinski definition) is 1. The summed E-state index contributed by atoms with van der Waals surface area (Å²) in [4.78, 5) is 11.9. The van der Waals surface area contributed by atoms with E-state index in [-0.39, 0.29) is 12.5 Å². The molecule has 6 nitrogen and oxygen atoms in total. The Bertz CT molecular complexity index is 590. The quantitative estimate of drug-likeness (QED) is 0.907. The van der Waals surface area contributed by atoms with Gasteiger partial charge in [0.15, 0.2) is 0 Å². The summed E-state index contributed by atoms with van der Waals surface area (Å²) in [5.41, 5.74) is 0.609. The van der Waals surface area contributed by atoms with Gasteiger partial charge in [0, 0.05) is 30.1 Å². The van der Waals surface area contributed by atoms with Crippen molar-refractivity contribution in [1.82, 2.24) is 9.78 Å². The monoisotopic (exact) mass is 339 g/mol. The van der Waals surface area contributed by atoms with E-state index in [2.05, 4.69) is 26.3 Å². The average Bonchev–Trinajstić information content (AvgIpc) is 2.83. The van der Waals surface area contributed by atoms with Crippen LogP contribution in [0.3, 0.4) is 0 Å². The van der Waals surface area contributed by atoms with Crippen molar-refractivity contribution < 1.29 is 14.3 Å². The summed E-state index contributed by atoms with van der Waals surface area (Å²) in [6.07, 6.45) is 3.35. The Hall–Kier alpha value is -2.02. The van der Waals surface area contributed by atoms with Gasteiger partial charge in [0.25, 0.3) is 0 Å². The van der Waals surface area contributed by atoms with E-state index in [1.54, 1.807) is 44.8 Å². The number of ether oxygens (including phenoxy) is 2. The first-order valence-electron chi connectivity index (χ1n) is 5.81. The zero-order valence-electron chi connectivity index (χ0n) is 11.1. The largest absolute Gasteiger partial charge is 0.497 e. The molecule has 0 aliphatic rings. The summed E-state index contributed by atoms with van der Waals surface area (Å²) in [6.45, 7) is 0.130. The van der Waals surface area contributed by atoms with Crippen LogP contribution in [-0.4, -0.2) is 29.9 Å². The van der Waals surface area contributed by atoms with Crippen LogP contribution in [0.4, 0.5) is 5.69 Å². The van der Waals surface area contributed by atoms with Crippen LogP contribution in [-0.2, 0) is 11.3 Å². The fourth-order valence-electron chi connectivity index (χ4n) is 1.65. The zero-order chi connectivity index (χ0) is 14.5. The van der Waals surface area contributed by atoms with Crippen molar-refractivity contribution in [2.24, 2.45) is 0 Å². The van der Waals surface area contributed by atoms with E-state index in [0.29, 0.717) is 17.2 Å². The minimum absolute atomic E-state index is 0.130. The van der Waals surface area contributed by atoms with Crippen molar-refractivity contribution in [3.63, 3.8) is 0 Å². The number of nitrogens with zero attached hydrogens (tertiary/aromatic N) is 2. The number of nitrogens with one attached hydrogen (secondary N) is 1. The van der Waals surface area contributed by atoms with Crippen molar-refractivity contribution in [3.05, 3.63) is 35.1 Å². The molecule has 1 aromatic heterocycles. The van der Waals surface area contributed by atoms with Crippen molar-refractivity contribution >= 4 is 27.5 Å². The number of halogens is 1. The molecule has 0 spiro atoms. The maximum Gasteiger partial charge on any atom is 0.246 e. The molecule has 1 aromatic carbocycles. The highest BCUT2D eigenvalue weighted by Crippen LogP contribution is 2.25. The van der Waals surface area contributed by atoms with E-state index in [1.807, 2.05) is 0 Å². The van der Waals surface area contributed by atoms with Gasteiger partial charge in [-0.05, 0) is 15.9 Å². The van der Waals surface area contributed by atoms with Gasteiger partial charge in [0.05, 0.1) is 24.9 Å². The van der Waals surface area contributed by atoms with Gasteiger partial charge >= 0.3 is 0 Å². The first-order valence-corrected chi connectivity index (χ1v) is 6.61. The molecule has 1 N–H and O–H groups in total. The summed E-state index contributed by atoms with van der Waals surface area (Å²) in [7, 11) is 3.11. The number of amides is 1. The van der Waals surface area contributed by atoms with E-state index >= 15 is 0 Å². The minimum Gasteiger partial charge on any atom is -0.497 e. The van der Waals surface area contributed by atoms with E-state index in [4.69, 9.17) is 9.47 Å². The number of benzene rings is 1. The lowest BCUT2D eigenvalue weighted by Crippen LogP contribution is -2.19. The Morgan fingerprint density at radius 3 is 2.45 bits per heavy atom. The SMILES string of the molecule is COc1cc(NC(=O)Cn2cc(Br)cn2)cc(OC)c1. The molecule has 20 heavy (non-hydrogen) atoms. The molecule has 1 heterocycles. The smallest absolute Gasteiger partial charge is 0.246 e. The highest BCUT2D eigenvalue weighted by molar-refractivity contribution is 9.10. The molecule has 0 aliphatic carbocycles. The predicted octanol–water partition coefficient (Wildman–Crippen LogP) is 2.30. The summed E-state index contributed by atoms with van der Waals surface area (Å²) >= 11 is 3.28. The van der Waals surface area contributed by atoms with Gasteiger partial charge < -0.3 is 14.8 Å². The fraction of sp³-hybridized carbons (Fsp3) is 0.231. The molecule has 106 valence electrons. The first kappa shape index (κ1) is 14.4. The Kier molecular flexibility index (Phi) is 4.62. The molecule has 0 saturated carbocycles. The molecule has 0 aliphatic heterocycles. The number of carbonyl (C=O) groups excluding carboxylic acids is 1. The summed E-state index contributed by atoms with van der Waals surface area (Å²) in [6, 6.07) is 5.18. The molecule has 7 heteroatoms. The van der Waals surface area contributed by atoms with Gasteiger partial charge in [0.1, 0.15) is 18.0 Å². The topological polar surface area (TPSA) is 65.4 Å². The molecule has 0 saturated heterocycles. The Morgan fingerprint density at radius 2 is 1.95 bits per heavy atom. The number of carbonyl (C=O) groups is 1. The Morgan fingerprint density at radius 1 is 1.30 bits per heavy atom. The highest BCUT2D eigenvalue weighted by Gasteiger charge is 2.07. The third-order valence-corrected chi connectivity index (χ3v) is 2.95. The molecule has 0 fully saturated rings. The van der Waals surface area contributed by atoms with Gasteiger partial charge in [-0.15, -0.1) is 0 Å². The lowest BCUT2D eigenvalue weighted by molar-refractivity contribution is -0.116. The van der Waals surface area contributed by atoms with Crippen LogP contribution < -0.4 is 14.8 Å². The van der Waals surface area contributed by atoms with Crippen LogP contribution in [0.1, 0.15) is 0 Å². The van der Waals surface area contributed by atoms with Crippen molar-refractivity contribution in [1.29, 1.82) is 0 Å². The van der Waals surface area contributed by atoms with Gasteiger partial charge in [-0.1, -0.05) is 0 Å². The summed E-state index contributed by atoms with van der Waals surface area (Å²) < 4.78 is 12.7. The lowest BCUT2D eigenvalue weighted by Gasteiger charge is -2.09. The second-order valence-electron chi connectivity index (χ2n) is 4.01. The Labute approximate surface area is 124 Å². The van der Waals surface area contributed by atoms with Crippen LogP contribution in [0.25, 0.3) is 0 Å². The molecule has 0 atom stereocenters. The minimum atomic E-state index is -0.184. The van der Waals surface area contributed by atoms with Crippen molar-refractivity contribution in [2.75, 3.05) is 19.5 Å². The standard InChI is InChI=1S/C13H14BrN3O3/c1-19-11-3-10(4-12(5-11)20-2)16-13(18)8-17-7-9(14)6-15-17/h3-7H,8H2,1-2H3,(H,16,18). The normalized spacial score (nSPS) is 10.2. The third kappa shape index (κ3) is 3.74.